The molecule has 0 radical (unpaired) electrons. The van der Waals surface area contributed by atoms with Crippen LogP contribution in [0.3, 0.4) is 0 Å². The van der Waals surface area contributed by atoms with Crippen LogP contribution in [0.15, 0.2) is 41.5 Å². The predicted octanol–water partition coefficient (Wildman–Crippen LogP) is 4.24. The van der Waals surface area contributed by atoms with E-state index >= 15 is 0 Å². The monoisotopic (exact) mass is 428 g/mol. The maximum absolute atomic E-state index is 13.6. The molecule has 1 aliphatic heterocycles. The quantitative estimate of drug-likeness (QED) is 0.589. The molecule has 1 saturated heterocycles. The second-order valence-electron chi connectivity index (χ2n) is 8.12. The van der Waals surface area contributed by atoms with E-state index in [0.29, 0.717) is 23.5 Å². The average Bonchev–Trinajstić information content (AvgIpc) is 2.74. The smallest absolute Gasteiger partial charge is 0.251 e. The number of hydrogen-bond donors (Lipinski definition) is 0. The van der Waals surface area contributed by atoms with Gasteiger partial charge in [0.25, 0.3) is 5.56 Å². The number of aryl methyl sites for hydroxylation is 2. The Bertz CT molecular complexity index is 1090. The van der Waals surface area contributed by atoms with Crippen molar-refractivity contribution in [1.29, 1.82) is 0 Å². The number of fused-ring (bicyclic) bond motifs is 1. The Kier molecular flexibility index (Phi) is 6.44. The summed E-state index contributed by atoms with van der Waals surface area (Å²) in [5.74, 6) is 0.271. The van der Waals surface area contributed by atoms with E-state index in [1.807, 2.05) is 19.2 Å². The van der Waals surface area contributed by atoms with Crippen molar-refractivity contribution in [2.24, 2.45) is 5.92 Å². The van der Waals surface area contributed by atoms with Gasteiger partial charge in [-0.1, -0.05) is 11.6 Å². The highest BCUT2D eigenvalue weighted by Gasteiger charge is 2.19. The summed E-state index contributed by atoms with van der Waals surface area (Å²) < 4.78 is 15.3. The van der Waals surface area contributed by atoms with Gasteiger partial charge in [0, 0.05) is 31.4 Å². The topological polar surface area (TPSA) is 51.0 Å². The molecule has 4 rings (SSSR count). The second kappa shape index (κ2) is 9.23. The summed E-state index contributed by atoms with van der Waals surface area (Å²) in [5.41, 5.74) is 3.15. The van der Waals surface area contributed by atoms with Crippen molar-refractivity contribution in [3.8, 4) is 0 Å². The summed E-state index contributed by atoms with van der Waals surface area (Å²) in [6.45, 7) is 5.27. The molecule has 0 N–H and O–H groups in total. The lowest BCUT2D eigenvalue weighted by Crippen LogP contribution is -2.37. The Morgan fingerprint density at radius 1 is 1.13 bits per heavy atom. The van der Waals surface area contributed by atoms with E-state index < -0.39 is 5.82 Å². The summed E-state index contributed by atoms with van der Waals surface area (Å²) in [4.78, 5) is 23.1. The number of hydrogen-bond acceptors (Lipinski definition) is 4. The lowest BCUT2D eigenvalue weighted by atomic mass is 9.91. The molecule has 1 fully saturated rings. The number of halogens is 2. The molecule has 0 amide bonds. The number of aromatic nitrogens is 3. The second-order valence-corrected chi connectivity index (χ2v) is 8.52. The normalized spacial score (nSPS) is 15.7. The molecule has 0 saturated carbocycles. The molecule has 7 heteroatoms. The van der Waals surface area contributed by atoms with Crippen molar-refractivity contribution in [3.05, 3.63) is 69.1 Å². The zero-order chi connectivity index (χ0) is 21.1. The standard InChI is InChI=1S/C23H26ClFN4O/c1-16-20(24)12-18(14-26-16)3-2-17-6-8-28(9-7-17)10-11-29-22-13-19(25)15-27-21(22)4-5-23(29)30/h4-5,12-15,17H,2-3,6-11H2,1H3. The minimum absolute atomic E-state index is 0.116. The molecule has 3 aromatic rings. The van der Waals surface area contributed by atoms with Gasteiger partial charge in [0.05, 0.1) is 27.9 Å². The van der Waals surface area contributed by atoms with Crippen LogP contribution in [0, 0.1) is 18.7 Å². The lowest BCUT2D eigenvalue weighted by molar-refractivity contribution is 0.174. The average molecular weight is 429 g/mol. The predicted molar refractivity (Wildman–Crippen MR) is 117 cm³/mol. The third kappa shape index (κ3) is 4.87. The minimum Gasteiger partial charge on any atom is -0.305 e. The highest BCUT2D eigenvalue weighted by atomic mass is 35.5. The first-order chi connectivity index (χ1) is 14.5. The molecule has 0 atom stereocenters. The Morgan fingerprint density at radius 3 is 2.70 bits per heavy atom. The van der Waals surface area contributed by atoms with Gasteiger partial charge in [0.1, 0.15) is 5.82 Å². The maximum atomic E-state index is 13.6. The zero-order valence-corrected chi connectivity index (χ0v) is 17.9. The summed E-state index contributed by atoms with van der Waals surface area (Å²) in [6, 6.07) is 6.57. The lowest BCUT2D eigenvalue weighted by Gasteiger charge is -2.32. The van der Waals surface area contributed by atoms with Gasteiger partial charge >= 0.3 is 0 Å². The van der Waals surface area contributed by atoms with Gasteiger partial charge in [-0.05, 0) is 69.3 Å². The van der Waals surface area contributed by atoms with Gasteiger partial charge in [-0.2, -0.15) is 0 Å². The van der Waals surface area contributed by atoms with E-state index in [4.69, 9.17) is 11.6 Å². The van der Waals surface area contributed by atoms with E-state index in [1.54, 1.807) is 10.6 Å². The Hall–Kier alpha value is -2.31. The molecular weight excluding hydrogens is 403 g/mol. The van der Waals surface area contributed by atoms with E-state index in [0.717, 1.165) is 56.0 Å². The third-order valence-electron chi connectivity index (χ3n) is 6.07. The van der Waals surface area contributed by atoms with Crippen molar-refractivity contribution in [3.63, 3.8) is 0 Å². The first kappa shape index (κ1) is 20.9. The number of rotatable bonds is 6. The van der Waals surface area contributed by atoms with Crippen molar-refractivity contribution >= 4 is 22.6 Å². The molecule has 0 bridgehead atoms. The summed E-state index contributed by atoms with van der Waals surface area (Å²) in [5, 5.41) is 0.737. The van der Waals surface area contributed by atoms with Crippen LogP contribution in [-0.2, 0) is 13.0 Å². The van der Waals surface area contributed by atoms with Crippen molar-refractivity contribution in [1.82, 2.24) is 19.4 Å². The number of piperidine rings is 1. The summed E-state index contributed by atoms with van der Waals surface area (Å²) >= 11 is 6.18. The van der Waals surface area contributed by atoms with Crippen LogP contribution in [0.5, 0.6) is 0 Å². The van der Waals surface area contributed by atoms with Crippen LogP contribution in [-0.4, -0.2) is 39.1 Å². The number of pyridine rings is 3. The Labute approximate surface area is 180 Å². The van der Waals surface area contributed by atoms with Crippen molar-refractivity contribution < 1.29 is 4.39 Å². The van der Waals surface area contributed by atoms with Crippen molar-refractivity contribution in [2.45, 2.75) is 39.2 Å². The van der Waals surface area contributed by atoms with Gasteiger partial charge in [-0.25, -0.2) is 4.39 Å². The molecule has 0 aliphatic carbocycles. The molecule has 1 aliphatic rings. The molecular formula is C23H26ClFN4O. The highest BCUT2D eigenvalue weighted by Crippen LogP contribution is 2.23. The van der Waals surface area contributed by atoms with Gasteiger partial charge < -0.3 is 9.47 Å². The van der Waals surface area contributed by atoms with Crippen LogP contribution < -0.4 is 5.56 Å². The molecule has 0 spiro atoms. The van der Waals surface area contributed by atoms with Gasteiger partial charge in [0.2, 0.25) is 0 Å². The fourth-order valence-electron chi connectivity index (χ4n) is 4.17. The van der Waals surface area contributed by atoms with Crippen LogP contribution in [0.1, 0.15) is 30.5 Å². The third-order valence-corrected chi connectivity index (χ3v) is 6.46. The molecule has 5 nitrogen and oxygen atoms in total. The first-order valence-electron chi connectivity index (χ1n) is 10.5. The zero-order valence-electron chi connectivity index (χ0n) is 17.2. The largest absolute Gasteiger partial charge is 0.305 e. The highest BCUT2D eigenvalue weighted by molar-refractivity contribution is 6.31. The SMILES string of the molecule is Cc1ncc(CCC2CCN(CCn3c(=O)ccc4ncc(F)cc43)CC2)cc1Cl. The molecule has 0 unspecified atom stereocenters. The molecule has 0 aromatic carbocycles. The summed E-state index contributed by atoms with van der Waals surface area (Å²) in [6.07, 6.45) is 7.55. The molecule has 3 aromatic heterocycles. The van der Waals surface area contributed by atoms with Crippen molar-refractivity contribution in [2.75, 3.05) is 19.6 Å². The van der Waals surface area contributed by atoms with Crippen LogP contribution in [0.25, 0.3) is 11.0 Å². The van der Waals surface area contributed by atoms with Gasteiger partial charge in [-0.15, -0.1) is 0 Å². The van der Waals surface area contributed by atoms with Gasteiger partial charge in [-0.3, -0.25) is 14.8 Å². The van der Waals surface area contributed by atoms with Crippen LogP contribution in [0.2, 0.25) is 5.02 Å². The van der Waals surface area contributed by atoms with E-state index in [1.165, 1.54) is 23.9 Å². The molecule has 4 heterocycles. The first-order valence-corrected chi connectivity index (χ1v) is 10.9. The van der Waals surface area contributed by atoms with E-state index in [2.05, 4.69) is 14.9 Å². The number of likely N-dealkylation sites (tertiary alicyclic amines) is 1. The van der Waals surface area contributed by atoms with E-state index in [9.17, 15) is 9.18 Å². The fraction of sp³-hybridized carbons (Fsp3) is 0.435. The maximum Gasteiger partial charge on any atom is 0.251 e. The fourth-order valence-corrected chi connectivity index (χ4v) is 4.36. The molecule has 158 valence electrons. The Morgan fingerprint density at radius 2 is 1.93 bits per heavy atom. The van der Waals surface area contributed by atoms with Crippen LogP contribution >= 0.6 is 11.6 Å². The van der Waals surface area contributed by atoms with Gasteiger partial charge in [0.15, 0.2) is 0 Å². The number of nitrogens with zero attached hydrogens (tertiary/aromatic N) is 4. The summed E-state index contributed by atoms with van der Waals surface area (Å²) in [7, 11) is 0. The Balaban J connectivity index is 1.30. The molecule has 30 heavy (non-hydrogen) atoms. The minimum atomic E-state index is -0.423. The van der Waals surface area contributed by atoms with Crippen LogP contribution in [0.4, 0.5) is 4.39 Å². The van der Waals surface area contributed by atoms with E-state index in [-0.39, 0.29) is 5.56 Å².